The van der Waals surface area contributed by atoms with Crippen molar-refractivity contribution in [3.63, 3.8) is 0 Å². The van der Waals surface area contributed by atoms with Gasteiger partial charge in [-0.05, 0) is 37.7 Å². The van der Waals surface area contributed by atoms with Crippen LogP contribution in [-0.2, 0) is 24.3 Å². The quantitative estimate of drug-likeness (QED) is 0.773. The van der Waals surface area contributed by atoms with Gasteiger partial charge in [0.15, 0.2) is 0 Å². The van der Waals surface area contributed by atoms with E-state index in [2.05, 4.69) is 9.88 Å². The predicted octanol–water partition coefficient (Wildman–Crippen LogP) is 3.71. The van der Waals surface area contributed by atoms with Gasteiger partial charge in [0.25, 0.3) is 5.56 Å². The molecule has 0 bridgehead atoms. The van der Waals surface area contributed by atoms with Crippen molar-refractivity contribution in [3.8, 4) is 0 Å². The molecule has 1 saturated heterocycles. The van der Waals surface area contributed by atoms with Crippen LogP contribution in [0.25, 0.3) is 0 Å². The number of fused-ring (bicyclic) bond motifs is 1. The van der Waals surface area contributed by atoms with Crippen LogP contribution in [0.2, 0.25) is 0 Å². The Morgan fingerprint density at radius 2 is 1.94 bits per heavy atom. The van der Waals surface area contributed by atoms with E-state index >= 15 is 0 Å². The van der Waals surface area contributed by atoms with Crippen molar-refractivity contribution in [3.05, 3.63) is 63.1 Å². The van der Waals surface area contributed by atoms with Crippen molar-refractivity contribution < 1.29 is 9.18 Å². The maximum atomic E-state index is 14.0. The second kappa shape index (κ2) is 9.14. The summed E-state index contributed by atoms with van der Waals surface area (Å²) in [5.41, 5.74) is 2.00. The topological polar surface area (TPSA) is 69.3 Å². The van der Waals surface area contributed by atoms with Gasteiger partial charge in [-0.1, -0.05) is 31.0 Å². The Hall–Kier alpha value is -2.54. The summed E-state index contributed by atoms with van der Waals surface area (Å²) < 4.78 is 14.0. The van der Waals surface area contributed by atoms with Gasteiger partial charge in [0.1, 0.15) is 11.6 Å². The summed E-state index contributed by atoms with van der Waals surface area (Å²) in [6.07, 6.45) is 7.84. The van der Waals surface area contributed by atoms with Gasteiger partial charge in [-0.2, -0.15) is 0 Å². The van der Waals surface area contributed by atoms with Crippen LogP contribution >= 0.6 is 0 Å². The number of aromatic amines is 1. The van der Waals surface area contributed by atoms with Crippen molar-refractivity contribution in [2.75, 3.05) is 13.1 Å². The van der Waals surface area contributed by atoms with Crippen LogP contribution < -0.4 is 5.56 Å². The maximum Gasteiger partial charge on any atom is 0.255 e. The molecule has 2 fully saturated rings. The molecule has 2 aliphatic heterocycles. The van der Waals surface area contributed by atoms with Gasteiger partial charge in [0, 0.05) is 44.6 Å². The molecule has 7 heteroatoms. The number of likely N-dealkylation sites (tertiary alicyclic amines) is 1. The number of carbonyl (C=O) groups is 1. The molecule has 32 heavy (non-hydrogen) atoms. The Morgan fingerprint density at radius 1 is 1.12 bits per heavy atom. The van der Waals surface area contributed by atoms with E-state index in [0.717, 1.165) is 44.5 Å². The number of nitrogens with one attached hydrogen (secondary N) is 1. The molecule has 3 aliphatic rings. The number of benzene rings is 1. The number of nitrogens with zero attached hydrogens (tertiary/aromatic N) is 3. The van der Waals surface area contributed by atoms with Gasteiger partial charge in [-0.25, -0.2) is 9.37 Å². The zero-order valence-corrected chi connectivity index (χ0v) is 18.5. The van der Waals surface area contributed by atoms with Crippen LogP contribution in [0, 0.1) is 11.7 Å². The lowest BCUT2D eigenvalue weighted by Crippen LogP contribution is -2.38. The van der Waals surface area contributed by atoms with Crippen LogP contribution in [0.15, 0.2) is 29.1 Å². The van der Waals surface area contributed by atoms with Crippen molar-refractivity contribution in [1.29, 1.82) is 0 Å². The number of halogens is 1. The van der Waals surface area contributed by atoms with Crippen molar-refractivity contribution in [2.45, 2.75) is 70.5 Å². The molecule has 170 valence electrons. The van der Waals surface area contributed by atoms with E-state index in [-0.39, 0.29) is 23.3 Å². The first-order valence-corrected chi connectivity index (χ1v) is 12.0. The number of aromatic nitrogens is 2. The van der Waals surface area contributed by atoms with Gasteiger partial charge < -0.3 is 9.88 Å². The molecule has 1 aromatic carbocycles. The highest BCUT2D eigenvalue weighted by molar-refractivity contribution is 5.77. The number of hydrogen-bond acceptors (Lipinski definition) is 4. The molecular formula is C25H31FN4O2. The fraction of sp³-hybridized carbons (Fsp3) is 0.560. The average Bonchev–Trinajstić information content (AvgIpc) is 3.48. The minimum absolute atomic E-state index is 0.127. The molecule has 1 amide bonds. The Kier molecular flexibility index (Phi) is 6.09. The van der Waals surface area contributed by atoms with Crippen molar-refractivity contribution >= 4 is 5.91 Å². The SMILES string of the molecule is O=C(CC1CCCC1)N1CCCC1c1nc2c(c(=O)[nH]1)CN(Cc1ccccc1F)CC2. The Bertz CT molecular complexity index is 1050. The second-order valence-corrected chi connectivity index (χ2v) is 9.53. The summed E-state index contributed by atoms with van der Waals surface area (Å²) in [6.45, 7) is 2.40. The first-order chi connectivity index (χ1) is 15.6. The minimum Gasteiger partial charge on any atom is -0.333 e. The zero-order chi connectivity index (χ0) is 22.1. The molecular weight excluding hydrogens is 407 g/mol. The first kappa shape index (κ1) is 21.3. The van der Waals surface area contributed by atoms with E-state index in [1.54, 1.807) is 12.1 Å². The predicted molar refractivity (Wildman–Crippen MR) is 119 cm³/mol. The fourth-order valence-electron chi connectivity index (χ4n) is 5.59. The Labute approximate surface area is 187 Å². The molecule has 3 heterocycles. The Balaban J connectivity index is 1.31. The van der Waals surface area contributed by atoms with Crippen LogP contribution in [-0.4, -0.2) is 38.8 Å². The highest BCUT2D eigenvalue weighted by atomic mass is 19.1. The summed E-state index contributed by atoms with van der Waals surface area (Å²) in [5.74, 6) is 1.13. The van der Waals surface area contributed by atoms with Gasteiger partial charge in [-0.3, -0.25) is 14.5 Å². The molecule has 6 nitrogen and oxygen atoms in total. The maximum absolute atomic E-state index is 14.0. The number of amides is 1. The third-order valence-corrected chi connectivity index (χ3v) is 7.34. The molecule has 1 atom stereocenters. The molecule has 2 aromatic rings. The van der Waals surface area contributed by atoms with E-state index in [9.17, 15) is 14.0 Å². The number of carbonyl (C=O) groups excluding carboxylic acids is 1. The van der Waals surface area contributed by atoms with Gasteiger partial charge in [0.05, 0.1) is 17.3 Å². The molecule has 1 unspecified atom stereocenters. The monoisotopic (exact) mass is 438 g/mol. The van der Waals surface area contributed by atoms with E-state index < -0.39 is 0 Å². The highest BCUT2D eigenvalue weighted by Crippen LogP contribution is 2.34. The molecule has 0 spiro atoms. The molecule has 5 rings (SSSR count). The highest BCUT2D eigenvalue weighted by Gasteiger charge is 2.34. The summed E-state index contributed by atoms with van der Waals surface area (Å²) in [4.78, 5) is 37.8. The van der Waals surface area contributed by atoms with Crippen molar-refractivity contribution in [1.82, 2.24) is 19.8 Å². The van der Waals surface area contributed by atoms with Gasteiger partial charge in [-0.15, -0.1) is 0 Å². The minimum atomic E-state index is -0.218. The normalized spacial score (nSPS) is 21.8. The van der Waals surface area contributed by atoms with Crippen LogP contribution in [0.3, 0.4) is 0 Å². The fourth-order valence-corrected chi connectivity index (χ4v) is 5.59. The lowest BCUT2D eigenvalue weighted by molar-refractivity contribution is -0.133. The summed E-state index contributed by atoms with van der Waals surface area (Å²) in [5, 5.41) is 0. The molecule has 0 radical (unpaired) electrons. The summed E-state index contributed by atoms with van der Waals surface area (Å²) in [7, 11) is 0. The molecule has 1 saturated carbocycles. The lowest BCUT2D eigenvalue weighted by atomic mass is 10.0. The van der Waals surface area contributed by atoms with Crippen LogP contribution in [0.4, 0.5) is 4.39 Å². The van der Waals surface area contributed by atoms with Crippen LogP contribution in [0.5, 0.6) is 0 Å². The number of H-pyrrole nitrogens is 1. The Morgan fingerprint density at radius 3 is 2.75 bits per heavy atom. The lowest BCUT2D eigenvalue weighted by Gasteiger charge is -2.29. The first-order valence-electron chi connectivity index (χ1n) is 12.0. The standard InChI is InChI=1S/C25H31FN4O2/c26-20-9-4-3-8-18(20)15-29-13-11-21-19(16-29)25(32)28-24(27-21)22-10-5-12-30(22)23(31)14-17-6-1-2-7-17/h3-4,8-9,17,22H,1-2,5-7,10-16H2,(H,27,28,32). The average molecular weight is 439 g/mol. The largest absolute Gasteiger partial charge is 0.333 e. The van der Waals surface area contributed by atoms with Gasteiger partial charge >= 0.3 is 0 Å². The van der Waals surface area contributed by atoms with E-state index in [1.165, 1.54) is 18.9 Å². The number of hydrogen-bond donors (Lipinski definition) is 1. The van der Waals surface area contributed by atoms with E-state index in [0.29, 0.717) is 48.8 Å². The molecule has 1 aliphatic carbocycles. The third kappa shape index (κ3) is 4.35. The van der Waals surface area contributed by atoms with E-state index in [4.69, 9.17) is 4.98 Å². The third-order valence-electron chi connectivity index (χ3n) is 7.34. The smallest absolute Gasteiger partial charge is 0.255 e. The second-order valence-electron chi connectivity index (χ2n) is 9.53. The summed E-state index contributed by atoms with van der Waals surface area (Å²) in [6, 6.07) is 6.64. The van der Waals surface area contributed by atoms with E-state index in [1.807, 2.05) is 11.0 Å². The number of rotatable bonds is 5. The zero-order valence-electron chi connectivity index (χ0n) is 18.5. The summed E-state index contributed by atoms with van der Waals surface area (Å²) >= 11 is 0. The molecule has 1 N–H and O–H groups in total. The molecule has 1 aromatic heterocycles. The van der Waals surface area contributed by atoms with Crippen LogP contribution in [0.1, 0.15) is 73.6 Å². The van der Waals surface area contributed by atoms with Gasteiger partial charge in [0.2, 0.25) is 5.91 Å². The van der Waals surface area contributed by atoms with Crippen molar-refractivity contribution in [2.24, 2.45) is 5.92 Å².